The van der Waals surface area contributed by atoms with Crippen LogP contribution in [0.1, 0.15) is 26.3 Å². The van der Waals surface area contributed by atoms with Crippen LogP contribution in [0.15, 0.2) is 23.1 Å². The van der Waals surface area contributed by atoms with Crippen molar-refractivity contribution in [3.05, 3.63) is 23.8 Å². The standard InChI is InChI=1S/C17H29N3S/c1-4-21-17-7-5-6-16(15(17)12-18)20-10-8-19(9-11-20)13-14(2)3/h5-7,14H,4,8-13,18H2,1-3H3. The average Bonchev–Trinajstić information content (AvgIpc) is 2.47. The number of nitrogens with zero attached hydrogens (tertiary/aromatic N) is 2. The lowest BCUT2D eigenvalue weighted by molar-refractivity contribution is 0.231. The van der Waals surface area contributed by atoms with Gasteiger partial charge in [-0.3, -0.25) is 4.90 Å². The van der Waals surface area contributed by atoms with E-state index in [2.05, 4.69) is 48.8 Å². The smallest absolute Gasteiger partial charge is 0.0423 e. The monoisotopic (exact) mass is 307 g/mol. The second-order valence-corrected chi connectivity index (χ2v) is 7.38. The van der Waals surface area contributed by atoms with Crippen LogP contribution in [0.3, 0.4) is 0 Å². The van der Waals surface area contributed by atoms with Crippen molar-refractivity contribution in [2.24, 2.45) is 11.7 Å². The maximum Gasteiger partial charge on any atom is 0.0423 e. The van der Waals surface area contributed by atoms with Crippen molar-refractivity contribution >= 4 is 17.4 Å². The highest BCUT2D eigenvalue weighted by Crippen LogP contribution is 2.31. The molecule has 0 bridgehead atoms. The first-order chi connectivity index (χ1) is 10.2. The predicted octanol–water partition coefficient (Wildman–Crippen LogP) is 3.04. The van der Waals surface area contributed by atoms with Gasteiger partial charge in [-0.25, -0.2) is 0 Å². The highest BCUT2D eigenvalue weighted by atomic mass is 32.2. The van der Waals surface area contributed by atoms with Gasteiger partial charge in [-0.15, -0.1) is 11.8 Å². The molecule has 1 aromatic rings. The molecule has 0 radical (unpaired) electrons. The molecule has 0 unspecified atom stereocenters. The largest absolute Gasteiger partial charge is 0.369 e. The van der Waals surface area contributed by atoms with Crippen molar-refractivity contribution in [3.63, 3.8) is 0 Å². The van der Waals surface area contributed by atoms with Gasteiger partial charge in [0.25, 0.3) is 0 Å². The molecule has 0 spiro atoms. The van der Waals surface area contributed by atoms with E-state index in [0.717, 1.165) is 37.8 Å². The number of thioether (sulfide) groups is 1. The summed E-state index contributed by atoms with van der Waals surface area (Å²) in [5.74, 6) is 1.85. The summed E-state index contributed by atoms with van der Waals surface area (Å²) < 4.78 is 0. The molecular weight excluding hydrogens is 278 g/mol. The van der Waals surface area contributed by atoms with Crippen LogP contribution in [0.4, 0.5) is 5.69 Å². The molecule has 1 aliphatic rings. The summed E-state index contributed by atoms with van der Waals surface area (Å²) in [6, 6.07) is 6.61. The van der Waals surface area contributed by atoms with Crippen LogP contribution in [0.25, 0.3) is 0 Å². The minimum atomic E-state index is 0.630. The van der Waals surface area contributed by atoms with Crippen LogP contribution in [0.2, 0.25) is 0 Å². The number of hydrogen-bond acceptors (Lipinski definition) is 4. The first-order valence-electron chi connectivity index (χ1n) is 8.07. The van der Waals surface area contributed by atoms with E-state index < -0.39 is 0 Å². The molecule has 0 aromatic heterocycles. The Hall–Kier alpha value is -0.710. The van der Waals surface area contributed by atoms with Gasteiger partial charge in [0.1, 0.15) is 0 Å². The summed E-state index contributed by atoms with van der Waals surface area (Å²) in [6.07, 6.45) is 0. The summed E-state index contributed by atoms with van der Waals surface area (Å²) in [5, 5.41) is 0. The third kappa shape index (κ3) is 4.38. The summed E-state index contributed by atoms with van der Waals surface area (Å²) in [7, 11) is 0. The fraction of sp³-hybridized carbons (Fsp3) is 0.647. The molecule has 1 aromatic carbocycles. The van der Waals surface area contributed by atoms with E-state index in [-0.39, 0.29) is 0 Å². The molecule has 1 heterocycles. The molecule has 1 aliphatic heterocycles. The lowest BCUT2D eigenvalue weighted by Gasteiger charge is -2.38. The maximum atomic E-state index is 6.03. The molecule has 4 heteroatoms. The van der Waals surface area contributed by atoms with Crippen molar-refractivity contribution in [2.45, 2.75) is 32.2 Å². The van der Waals surface area contributed by atoms with E-state index in [0.29, 0.717) is 6.54 Å². The van der Waals surface area contributed by atoms with Gasteiger partial charge in [0, 0.05) is 55.4 Å². The van der Waals surface area contributed by atoms with Crippen molar-refractivity contribution in [1.82, 2.24) is 4.90 Å². The zero-order chi connectivity index (χ0) is 15.2. The van der Waals surface area contributed by atoms with E-state index in [9.17, 15) is 0 Å². The second-order valence-electron chi connectivity index (χ2n) is 6.07. The van der Waals surface area contributed by atoms with Crippen LogP contribution in [0.5, 0.6) is 0 Å². The van der Waals surface area contributed by atoms with Crippen LogP contribution in [-0.2, 0) is 6.54 Å². The quantitative estimate of drug-likeness (QED) is 0.819. The molecular formula is C17H29N3S. The van der Waals surface area contributed by atoms with Crippen molar-refractivity contribution in [2.75, 3.05) is 43.4 Å². The van der Waals surface area contributed by atoms with E-state index in [1.54, 1.807) is 0 Å². The van der Waals surface area contributed by atoms with Gasteiger partial charge in [0.05, 0.1) is 0 Å². The Morgan fingerprint density at radius 1 is 1.19 bits per heavy atom. The molecule has 0 amide bonds. The molecule has 118 valence electrons. The Morgan fingerprint density at radius 3 is 2.48 bits per heavy atom. The Balaban J connectivity index is 2.07. The fourth-order valence-corrected chi connectivity index (χ4v) is 3.88. The van der Waals surface area contributed by atoms with Gasteiger partial charge in [-0.1, -0.05) is 26.8 Å². The van der Waals surface area contributed by atoms with Crippen LogP contribution >= 0.6 is 11.8 Å². The number of nitrogens with two attached hydrogens (primary N) is 1. The van der Waals surface area contributed by atoms with Crippen molar-refractivity contribution in [1.29, 1.82) is 0 Å². The number of piperazine rings is 1. The van der Waals surface area contributed by atoms with Crippen LogP contribution in [0, 0.1) is 5.92 Å². The molecule has 1 fully saturated rings. The average molecular weight is 308 g/mol. The molecule has 0 aliphatic carbocycles. The van der Waals surface area contributed by atoms with Crippen LogP contribution < -0.4 is 10.6 Å². The third-order valence-electron chi connectivity index (χ3n) is 3.95. The number of anilines is 1. The Bertz CT molecular complexity index is 440. The summed E-state index contributed by atoms with van der Waals surface area (Å²) in [4.78, 5) is 6.44. The SMILES string of the molecule is CCSc1cccc(N2CCN(CC(C)C)CC2)c1CN. The first-order valence-corrected chi connectivity index (χ1v) is 9.06. The van der Waals surface area contributed by atoms with Crippen LogP contribution in [-0.4, -0.2) is 43.4 Å². The molecule has 2 N–H and O–H groups in total. The third-order valence-corrected chi connectivity index (χ3v) is 4.93. The van der Waals surface area contributed by atoms with E-state index in [1.165, 1.54) is 22.7 Å². The van der Waals surface area contributed by atoms with Gasteiger partial charge >= 0.3 is 0 Å². The lowest BCUT2D eigenvalue weighted by atomic mass is 10.1. The highest BCUT2D eigenvalue weighted by molar-refractivity contribution is 7.99. The number of hydrogen-bond donors (Lipinski definition) is 1. The number of rotatable bonds is 6. The molecule has 0 atom stereocenters. The zero-order valence-electron chi connectivity index (χ0n) is 13.6. The van der Waals surface area contributed by atoms with Gasteiger partial charge in [0.15, 0.2) is 0 Å². The summed E-state index contributed by atoms with van der Waals surface area (Å²) >= 11 is 1.90. The van der Waals surface area contributed by atoms with Crippen molar-refractivity contribution in [3.8, 4) is 0 Å². The van der Waals surface area contributed by atoms with Gasteiger partial charge in [-0.2, -0.15) is 0 Å². The van der Waals surface area contributed by atoms with E-state index >= 15 is 0 Å². The predicted molar refractivity (Wildman–Crippen MR) is 94.2 cm³/mol. The summed E-state index contributed by atoms with van der Waals surface area (Å²) in [5.41, 5.74) is 8.70. The highest BCUT2D eigenvalue weighted by Gasteiger charge is 2.20. The number of benzene rings is 1. The minimum absolute atomic E-state index is 0.630. The Labute approximate surface area is 133 Å². The Kier molecular flexibility index (Phi) is 6.40. The molecule has 3 nitrogen and oxygen atoms in total. The molecule has 2 rings (SSSR count). The summed E-state index contributed by atoms with van der Waals surface area (Å²) in [6.45, 7) is 13.2. The van der Waals surface area contributed by atoms with E-state index in [1.807, 2.05) is 11.8 Å². The first kappa shape index (κ1) is 16.7. The molecule has 0 saturated carbocycles. The fourth-order valence-electron chi connectivity index (χ4n) is 3.03. The normalized spacial score (nSPS) is 16.7. The zero-order valence-corrected chi connectivity index (χ0v) is 14.5. The minimum Gasteiger partial charge on any atom is -0.369 e. The van der Waals surface area contributed by atoms with Gasteiger partial charge in [0.2, 0.25) is 0 Å². The molecule has 1 saturated heterocycles. The maximum absolute atomic E-state index is 6.03. The van der Waals surface area contributed by atoms with Gasteiger partial charge in [-0.05, 0) is 23.8 Å². The van der Waals surface area contributed by atoms with Gasteiger partial charge < -0.3 is 10.6 Å². The second kappa shape index (κ2) is 8.06. The topological polar surface area (TPSA) is 32.5 Å². The van der Waals surface area contributed by atoms with Crippen molar-refractivity contribution < 1.29 is 0 Å². The molecule has 21 heavy (non-hydrogen) atoms. The Morgan fingerprint density at radius 2 is 1.90 bits per heavy atom. The van der Waals surface area contributed by atoms with E-state index in [4.69, 9.17) is 5.73 Å². The lowest BCUT2D eigenvalue weighted by Crippen LogP contribution is -2.47.